The van der Waals surface area contributed by atoms with E-state index in [1.54, 1.807) is 0 Å². The minimum Gasteiger partial charge on any atom is -0.345 e. The second-order valence-electron chi connectivity index (χ2n) is 5.58. The fraction of sp³-hybridized carbons (Fsp3) is 0.278. The van der Waals surface area contributed by atoms with Crippen molar-refractivity contribution in [1.82, 2.24) is 5.32 Å². The van der Waals surface area contributed by atoms with Crippen molar-refractivity contribution in [2.24, 2.45) is 5.92 Å². The Morgan fingerprint density at radius 3 is 2.43 bits per heavy atom. The van der Waals surface area contributed by atoms with Crippen LogP contribution >= 0.6 is 15.9 Å². The normalized spacial score (nSPS) is 12.2. The van der Waals surface area contributed by atoms with E-state index in [0.29, 0.717) is 11.5 Å². The number of rotatable bonds is 5. The van der Waals surface area contributed by atoms with Gasteiger partial charge in [0.15, 0.2) is 0 Å². The second-order valence-corrected chi connectivity index (χ2v) is 6.49. The third-order valence-electron chi connectivity index (χ3n) is 3.30. The van der Waals surface area contributed by atoms with E-state index >= 15 is 0 Å². The molecule has 2 aromatic carbocycles. The maximum absolute atomic E-state index is 12.4. The first-order chi connectivity index (χ1) is 10.1. The molecule has 0 aliphatic rings. The fourth-order valence-corrected chi connectivity index (χ4v) is 2.71. The van der Waals surface area contributed by atoms with Crippen molar-refractivity contribution in [3.05, 3.63) is 70.2 Å². The average Bonchev–Trinajstić information content (AvgIpc) is 2.47. The summed E-state index contributed by atoms with van der Waals surface area (Å²) in [6.45, 7) is 4.34. The summed E-state index contributed by atoms with van der Waals surface area (Å²) in [6, 6.07) is 17.6. The predicted octanol–water partition coefficient (Wildman–Crippen LogP) is 4.97. The highest BCUT2D eigenvalue weighted by molar-refractivity contribution is 9.10. The minimum atomic E-state index is -0.0363. The third kappa shape index (κ3) is 4.71. The Bertz CT molecular complexity index is 595. The first-order valence-electron chi connectivity index (χ1n) is 7.17. The molecule has 2 aromatic rings. The number of carbonyl (C=O) groups is 1. The number of benzene rings is 2. The van der Waals surface area contributed by atoms with Crippen LogP contribution in [0.25, 0.3) is 0 Å². The lowest BCUT2D eigenvalue weighted by atomic mass is 9.96. The van der Waals surface area contributed by atoms with E-state index in [9.17, 15) is 4.79 Å². The quantitative estimate of drug-likeness (QED) is 0.814. The Hall–Kier alpha value is -1.61. The molecule has 0 aromatic heterocycles. The van der Waals surface area contributed by atoms with E-state index in [1.165, 1.54) is 0 Å². The first kappa shape index (κ1) is 15.8. The highest BCUT2D eigenvalue weighted by atomic mass is 79.9. The SMILES string of the molecule is CC(C)CC(NC(=O)c1cccc(Br)c1)c1ccccc1. The molecule has 0 aliphatic carbocycles. The van der Waals surface area contributed by atoms with Gasteiger partial charge in [-0.3, -0.25) is 4.79 Å². The molecule has 2 rings (SSSR count). The summed E-state index contributed by atoms with van der Waals surface area (Å²) in [4.78, 5) is 12.4. The van der Waals surface area contributed by atoms with Gasteiger partial charge in [0.1, 0.15) is 0 Å². The number of nitrogens with one attached hydrogen (secondary N) is 1. The van der Waals surface area contributed by atoms with Crippen molar-refractivity contribution in [3.8, 4) is 0 Å². The molecule has 21 heavy (non-hydrogen) atoms. The molecule has 0 bridgehead atoms. The van der Waals surface area contributed by atoms with Crippen LogP contribution in [0.4, 0.5) is 0 Å². The van der Waals surface area contributed by atoms with Crippen LogP contribution in [0.1, 0.15) is 42.2 Å². The van der Waals surface area contributed by atoms with Crippen LogP contribution in [0.3, 0.4) is 0 Å². The van der Waals surface area contributed by atoms with Crippen molar-refractivity contribution >= 4 is 21.8 Å². The van der Waals surface area contributed by atoms with Crippen LogP contribution < -0.4 is 5.32 Å². The van der Waals surface area contributed by atoms with Gasteiger partial charge in [0.05, 0.1) is 6.04 Å². The maximum atomic E-state index is 12.4. The molecule has 2 nitrogen and oxygen atoms in total. The van der Waals surface area contributed by atoms with E-state index in [2.05, 4.69) is 47.2 Å². The monoisotopic (exact) mass is 345 g/mol. The van der Waals surface area contributed by atoms with Crippen molar-refractivity contribution in [1.29, 1.82) is 0 Å². The third-order valence-corrected chi connectivity index (χ3v) is 3.79. The molecule has 0 heterocycles. The molecule has 0 fully saturated rings. The summed E-state index contributed by atoms with van der Waals surface area (Å²) in [6.07, 6.45) is 0.920. The molecular formula is C18H20BrNO. The number of carbonyl (C=O) groups excluding carboxylic acids is 1. The summed E-state index contributed by atoms with van der Waals surface area (Å²) in [5.41, 5.74) is 1.82. The Balaban J connectivity index is 2.17. The lowest BCUT2D eigenvalue weighted by Crippen LogP contribution is -2.29. The lowest BCUT2D eigenvalue weighted by molar-refractivity contribution is 0.0932. The summed E-state index contributed by atoms with van der Waals surface area (Å²) in [5.74, 6) is 0.476. The average molecular weight is 346 g/mol. The Kier molecular flexibility index (Phi) is 5.57. The van der Waals surface area contributed by atoms with Crippen molar-refractivity contribution in [2.75, 3.05) is 0 Å². The van der Waals surface area contributed by atoms with Crippen LogP contribution in [0.5, 0.6) is 0 Å². The highest BCUT2D eigenvalue weighted by Gasteiger charge is 2.17. The number of amides is 1. The second kappa shape index (κ2) is 7.41. The van der Waals surface area contributed by atoms with Crippen LogP contribution in [-0.2, 0) is 0 Å². The van der Waals surface area contributed by atoms with E-state index in [0.717, 1.165) is 16.5 Å². The maximum Gasteiger partial charge on any atom is 0.251 e. The van der Waals surface area contributed by atoms with Crippen molar-refractivity contribution < 1.29 is 4.79 Å². The Morgan fingerprint density at radius 1 is 1.10 bits per heavy atom. The molecule has 110 valence electrons. The Morgan fingerprint density at radius 2 is 1.81 bits per heavy atom. The number of hydrogen-bond donors (Lipinski definition) is 1. The smallest absolute Gasteiger partial charge is 0.251 e. The van der Waals surface area contributed by atoms with Gasteiger partial charge in [-0.15, -0.1) is 0 Å². The fourth-order valence-electron chi connectivity index (χ4n) is 2.31. The van der Waals surface area contributed by atoms with Crippen LogP contribution in [0.15, 0.2) is 59.1 Å². The van der Waals surface area contributed by atoms with E-state index in [4.69, 9.17) is 0 Å². The van der Waals surface area contributed by atoms with Gasteiger partial charge in [0.25, 0.3) is 5.91 Å². The van der Waals surface area contributed by atoms with Gasteiger partial charge in [-0.25, -0.2) is 0 Å². The summed E-state index contributed by atoms with van der Waals surface area (Å²) in [5, 5.41) is 3.15. The van der Waals surface area contributed by atoms with Crippen LogP contribution in [0.2, 0.25) is 0 Å². The Labute approximate surface area is 134 Å². The molecule has 0 radical (unpaired) electrons. The molecule has 3 heteroatoms. The number of halogens is 1. The molecule has 0 saturated heterocycles. The topological polar surface area (TPSA) is 29.1 Å². The summed E-state index contributed by atoms with van der Waals surface area (Å²) < 4.78 is 0.912. The highest BCUT2D eigenvalue weighted by Crippen LogP contribution is 2.22. The van der Waals surface area contributed by atoms with Gasteiger partial charge in [-0.1, -0.05) is 66.2 Å². The first-order valence-corrected chi connectivity index (χ1v) is 7.97. The minimum absolute atomic E-state index is 0.0363. The molecular weight excluding hydrogens is 326 g/mol. The number of hydrogen-bond acceptors (Lipinski definition) is 1. The van der Waals surface area contributed by atoms with E-state index in [1.807, 2.05) is 42.5 Å². The van der Waals surface area contributed by atoms with Gasteiger partial charge in [-0.05, 0) is 36.1 Å². The zero-order chi connectivity index (χ0) is 15.2. The van der Waals surface area contributed by atoms with Gasteiger partial charge in [0.2, 0.25) is 0 Å². The molecule has 0 saturated carbocycles. The van der Waals surface area contributed by atoms with Gasteiger partial charge < -0.3 is 5.32 Å². The largest absolute Gasteiger partial charge is 0.345 e. The molecule has 0 spiro atoms. The van der Waals surface area contributed by atoms with Gasteiger partial charge in [0, 0.05) is 10.0 Å². The lowest BCUT2D eigenvalue weighted by Gasteiger charge is -2.21. The zero-order valence-electron chi connectivity index (χ0n) is 12.3. The molecule has 1 unspecified atom stereocenters. The van der Waals surface area contributed by atoms with Crippen molar-refractivity contribution in [2.45, 2.75) is 26.3 Å². The van der Waals surface area contributed by atoms with Crippen molar-refractivity contribution in [3.63, 3.8) is 0 Å². The molecule has 1 amide bonds. The molecule has 0 aliphatic heterocycles. The van der Waals surface area contributed by atoms with E-state index < -0.39 is 0 Å². The standard InChI is InChI=1S/C18H20BrNO/c1-13(2)11-17(14-7-4-3-5-8-14)20-18(21)15-9-6-10-16(19)12-15/h3-10,12-13,17H,11H2,1-2H3,(H,20,21). The molecule has 1 N–H and O–H groups in total. The van der Waals surface area contributed by atoms with E-state index in [-0.39, 0.29) is 11.9 Å². The predicted molar refractivity (Wildman–Crippen MR) is 90.2 cm³/mol. The summed E-state index contributed by atoms with van der Waals surface area (Å²) >= 11 is 3.40. The van der Waals surface area contributed by atoms with Gasteiger partial charge in [-0.2, -0.15) is 0 Å². The van der Waals surface area contributed by atoms with Gasteiger partial charge >= 0.3 is 0 Å². The van der Waals surface area contributed by atoms with Crippen LogP contribution in [0, 0.1) is 5.92 Å². The van der Waals surface area contributed by atoms with Crippen LogP contribution in [-0.4, -0.2) is 5.91 Å². The zero-order valence-corrected chi connectivity index (χ0v) is 13.9. The molecule has 1 atom stereocenters. The summed E-state index contributed by atoms with van der Waals surface area (Å²) in [7, 11) is 0.